The van der Waals surface area contributed by atoms with E-state index < -0.39 is 0 Å². The largest absolute Gasteiger partial charge is 0.340 e. The van der Waals surface area contributed by atoms with Crippen LogP contribution in [0, 0.1) is 0 Å². The lowest BCUT2D eigenvalue weighted by molar-refractivity contribution is -0.130. The molecule has 7 nitrogen and oxygen atoms in total. The molecule has 164 valence electrons. The highest BCUT2D eigenvalue weighted by atomic mass is 35.5. The Morgan fingerprint density at radius 3 is 2.50 bits per heavy atom. The maximum Gasteiger partial charge on any atom is 0.257 e. The van der Waals surface area contributed by atoms with E-state index >= 15 is 0 Å². The van der Waals surface area contributed by atoms with Crippen molar-refractivity contribution in [1.82, 2.24) is 19.8 Å². The van der Waals surface area contributed by atoms with Gasteiger partial charge in [-0.2, -0.15) is 0 Å². The summed E-state index contributed by atoms with van der Waals surface area (Å²) in [7, 11) is 0. The monoisotopic (exact) mass is 449 g/mol. The highest BCUT2D eigenvalue weighted by molar-refractivity contribution is 6.33. The Morgan fingerprint density at radius 2 is 1.84 bits per heavy atom. The lowest BCUT2D eigenvalue weighted by atomic mass is 10.1. The number of hydrogen-bond acceptors (Lipinski definition) is 5. The highest BCUT2D eigenvalue weighted by Gasteiger charge is 2.19. The lowest BCUT2D eigenvalue weighted by Gasteiger charge is -2.33. The van der Waals surface area contributed by atoms with Gasteiger partial charge in [-0.15, -0.1) is 0 Å². The van der Waals surface area contributed by atoms with Crippen molar-refractivity contribution in [3.63, 3.8) is 0 Å². The van der Waals surface area contributed by atoms with Gasteiger partial charge in [0.05, 0.1) is 22.0 Å². The Bertz CT molecular complexity index is 1100. The van der Waals surface area contributed by atoms with Gasteiger partial charge in [0.2, 0.25) is 5.91 Å². The summed E-state index contributed by atoms with van der Waals surface area (Å²) in [5.74, 6) is -0.126. The first kappa shape index (κ1) is 21.9. The third-order valence-corrected chi connectivity index (χ3v) is 5.78. The minimum absolute atomic E-state index is 0.117. The average Bonchev–Trinajstić information content (AvgIpc) is 2.81. The number of piperazine rings is 1. The van der Waals surface area contributed by atoms with Crippen molar-refractivity contribution in [2.24, 2.45) is 0 Å². The summed E-state index contributed by atoms with van der Waals surface area (Å²) >= 11 is 6.32. The number of pyridine rings is 2. The number of nitrogens with one attached hydrogen (secondary N) is 1. The van der Waals surface area contributed by atoms with Gasteiger partial charge in [0.15, 0.2) is 0 Å². The Hall–Kier alpha value is -3.29. The van der Waals surface area contributed by atoms with E-state index in [0.29, 0.717) is 22.8 Å². The van der Waals surface area contributed by atoms with E-state index in [4.69, 9.17) is 11.6 Å². The number of hydrogen-bond donors (Lipinski definition) is 1. The molecular weight excluding hydrogens is 426 g/mol. The van der Waals surface area contributed by atoms with Crippen molar-refractivity contribution in [3.8, 4) is 11.3 Å². The van der Waals surface area contributed by atoms with E-state index in [0.717, 1.165) is 43.1 Å². The van der Waals surface area contributed by atoms with Gasteiger partial charge in [0, 0.05) is 63.3 Å². The predicted octanol–water partition coefficient (Wildman–Crippen LogP) is 3.71. The molecule has 3 aromatic rings. The van der Waals surface area contributed by atoms with Crippen molar-refractivity contribution in [1.29, 1.82) is 0 Å². The Balaban J connectivity index is 1.38. The van der Waals surface area contributed by atoms with Crippen LogP contribution in [0.5, 0.6) is 0 Å². The van der Waals surface area contributed by atoms with E-state index in [1.54, 1.807) is 37.5 Å². The normalized spacial score (nSPS) is 14.2. The number of benzene rings is 1. The molecule has 2 amide bonds. The van der Waals surface area contributed by atoms with E-state index in [9.17, 15) is 9.59 Å². The number of aromatic nitrogens is 2. The molecule has 3 heterocycles. The second-order valence-corrected chi connectivity index (χ2v) is 8.09. The molecule has 0 aliphatic carbocycles. The minimum Gasteiger partial charge on any atom is -0.340 e. The molecule has 1 aliphatic heterocycles. The molecule has 0 spiro atoms. The van der Waals surface area contributed by atoms with Crippen LogP contribution in [0.3, 0.4) is 0 Å². The minimum atomic E-state index is -0.242. The van der Waals surface area contributed by atoms with Crippen LogP contribution in [0.1, 0.15) is 23.0 Å². The maximum absolute atomic E-state index is 12.7. The standard InChI is InChI=1S/C24H24ClN5O2/c1-17(31)30-12-10-29(11-13-30)16-20-6-5-18(15-27-20)24(32)28-19-7-8-22(25)21(14-19)23-4-2-3-9-26-23/h2-9,14-15H,10-13,16H2,1H3,(H,28,32). The fraction of sp³-hybridized carbons (Fsp3) is 0.250. The first-order valence-corrected chi connectivity index (χ1v) is 10.8. The molecule has 2 aromatic heterocycles. The fourth-order valence-corrected chi connectivity index (χ4v) is 3.84. The van der Waals surface area contributed by atoms with Crippen molar-refractivity contribution in [2.45, 2.75) is 13.5 Å². The second kappa shape index (κ2) is 9.89. The second-order valence-electron chi connectivity index (χ2n) is 7.68. The van der Waals surface area contributed by atoms with Crippen LogP contribution < -0.4 is 5.32 Å². The molecule has 32 heavy (non-hydrogen) atoms. The SMILES string of the molecule is CC(=O)N1CCN(Cc2ccc(C(=O)Nc3ccc(Cl)c(-c4ccccn4)c3)cn2)CC1. The topological polar surface area (TPSA) is 78.4 Å². The number of carbonyl (C=O) groups is 2. The summed E-state index contributed by atoms with van der Waals surface area (Å²) in [6, 6.07) is 14.6. The number of nitrogens with zero attached hydrogens (tertiary/aromatic N) is 4. The van der Waals surface area contributed by atoms with Gasteiger partial charge in [-0.05, 0) is 42.5 Å². The van der Waals surface area contributed by atoms with E-state index in [1.165, 1.54) is 0 Å². The summed E-state index contributed by atoms with van der Waals surface area (Å²) < 4.78 is 0. The van der Waals surface area contributed by atoms with Crippen LogP contribution >= 0.6 is 11.6 Å². The third kappa shape index (κ3) is 5.30. The quantitative estimate of drug-likeness (QED) is 0.642. The molecule has 0 atom stereocenters. The number of halogens is 1. The van der Waals surface area contributed by atoms with E-state index in [1.807, 2.05) is 35.2 Å². The van der Waals surface area contributed by atoms with Gasteiger partial charge < -0.3 is 10.2 Å². The average molecular weight is 450 g/mol. The number of amides is 2. The molecule has 1 N–H and O–H groups in total. The Kier molecular flexibility index (Phi) is 6.78. The van der Waals surface area contributed by atoms with Gasteiger partial charge in [-0.25, -0.2) is 0 Å². The third-order valence-electron chi connectivity index (χ3n) is 5.46. The molecule has 1 saturated heterocycles. The summed E-state index contributed by atoms with van der Waals surface area (Å²) in [6.45, 7) is 5.40. The van der Waals surface area contributed by atoms with Crippen LogP contribution in [0.25, 0.3) is 11.3 Å². The summed E-state index contributed by atoms with van der Waals surface area (Å²) in [4.78, 5) is 37.0. The van der Waals surface area contributed by atoms with Gasteiger partial charge in [0.25, 0.3) is 5.91 Å². The van der Waals surface area contributed by atoms with E-state index in [2.05, 4.69) is 20.2 Å². The predicted molar refractivity (Wildman–Crippen MR) is 124 cm³/mol. The number of anilines is 1. The molecule has 0 saturated carbocycles. The van der Waals surface area contributed by atoms with Crippen LogP contribution in [0.2, 0.25) is 5.02 Å². The van der Waals surface area contributed by atoms with Gasteiger partial charge in [-0.3, -0.25) is 24.5 Å². The summed E-state index contributed by atoms with van der Waals surface area (Å²) in [5.41, 5.74) is 3.49. The maximum atomic E-state index is 12.7. The first-order valence-electron chi connectivity index (χ1n) is 10.4. The van der Waals surface area contributed by atoms with E-state index in [-0.39, 0.29) is 11.8 Å². The molecule has 0 bridgehead atoms. The van der Waals surface area contributed by atoms with Gasteiger partial charge in [0.1, 0.15) is 0 Å². The van der Waals surface area contributed by atoms with Crippen LogP contribution in [-0.4, -0.2) is 57.8 Å². The molecule has 1 aliphatic rings. The Labute approximate surface area is 192 Å². The first-order chi connectivity index (χ1) is 15.5. The van der Waals surface area contributed by atoms with Crippen molar-refractivity contribution < 1.29 is 9.59 Å². The van der Waals surface area contributed by atoms with Crippen molar-refractivity contribution in [2.75, 3.05) is 31.5 Å². The smallest absolute Gasteiger partial charge is 0.257 e. The number of rotatable bonds is 5. The zero-order chi connectivity index (χ0) is 22.5. The summed E-state index contributed by atoms with van der Waals surface area (Å²) in [6.07, 6.45) is 3.29. The molecule has 4 rings (SSSR count). The molecular formula is C24H24ClN5O2. The number of carbonyl (C=O) groups excluding carboxylic acids is 2. The van der Waals surface area contributed by atoms with Crippen LogP contribution in [0.15, 0.2) is 60.9 Å². The molecule has 0 unspecified atom stereocenters. The fourth-order valence-electron chi connectivity index (χ4n) is 3.63. The zero-order valence-electron chi connectivity index (χ0n) is 17.8. The molecule has 1 fully saturated rings. The van der Waals surface area contributed by atoms with Gasteiger partial charge >= 0.3 is 0 Å². The summed E-state index contributed by atoms with van der Waals surface area (Å²) in [5, 5.41) is 3.47. The molecule has 0 radical (unpaired) electrons. The van der Waals surface area contributed by atoms with Crippen LogP contribution in [0.4, 0.5) is 5.69 Å². The lowest BCUT2D eigenvalue weighted by Crippen LogP contribution is -2.47. The Morgan fingerprint density at radius 1 is 1.03 bits per heavy atom. The molecule has 8 heteroatoms. The van der Waals surface area contributed by atoms with Gasteiger partial charge in [-0.1, -0.05) is 17.7 Å². The highest BCUT2D eigenvalue weighted by Crippen LogP contribution is 2.29. The van der Waals surface area contributed by atoms with Crippen LogP contribution in [-0.2, 0) is 11.3 Å². The molecule has 1 aromatic carbocycles. The zero-order valence-corrected chi connectivity index (χ0v) is 18.5. The van der Waals surface area contributed by atoms with Crippen molar-refractivity contribution in [3.05, 3.63) is 77.2 Å². The van der Waals surface area contributed by atoms with Crippen molar-refractivity contribution >= 4 is 29.1 Å².